The molecule has 0 aliphatic carbocycles. The average Bonchev–Trinajstić information content (AvgIpc) is 3.40. The lowest BCUT2D eigenvalue weighted by Crippen LogP contribution is -2.15. The first-order valence-corrected chi connectivity index (χ1v) is 10.7. The summed E-state index contributed by atoms with van der Waals surface area (Å²) in [5, 5.41) is 17.9. The SMILES string of the molecule is CCNc1cc(NC(=O)c2cnc(C)c(-n3cc(-c4cnn(C)c4C)nn3)c2)cc(C(F)(F)F)c1. The van der Waals surface area contributed by atoms with Crippen molar-refractivity contribution >= 4 is 17.3 Å². The van der Waals surface area contributed by atoms with Crippen LogP contribution in [0.1, 0.15) is 34.2 Å². The largest absolute Gasteiger partial charge is 0.416 e. The highest BCUT2D eigenvalue weighted by Gasteiger charge is 2.31. The van der Waals surface area contributed by atoms with Crippen LogP contribution in [0.4, 0.5) is 24.5 Å². The Labute approximate surface area is 199 Å². The molecule has 1 aromatic carbocycles. The number of rotatable bonds is 6. The van der Waals surface area contributed by atoms with E-state index in [9.17, 15) is 18.0 Å². The second-order valence-electron chi connectivity index (χ2n) is 7.93. The Kier molecular flexibility index (Phi) is 6.29. The molecule has 0 spiro atoms. The van der Waals surface area contributed by atoms with Gasteiger partial charge in [0.1, 0.15) is 5.69 Å². The lowest BCUT2D eigenvalue weighted by molar-refractivity contribution is -0.137. The standard InChI is InChI=1S/C23H23F3N8O/c1-5-27-17-7-16(23(24,25)26)8-18(9-17)30-22(35)15-6-21(13(2)28-10-15)34-12-20(31-32-34)19-11-29-33(4)14(19)3/h6-12,27H,5H2,1-4H3,(H,30,35). The van der Waals surface area contributed by atoms with E-state index in [0.717, 1.165) is 23.4 Å². The van der Waals surface area contributed by atoms with Crippen molar-refractivity contribution in [1.29, 1.82) is 0 Å². The highest BCUT2D eigenvalue weighted by atomic mass is 19.4. The molecule has 1 amide bonds. The molecule has 0 saturated carbocycles. The zero-order valence-corrected chi connectivity index (χ0v) is 19.5. The minimum absolute atomic E-state index is 0.0120. The molecule has 12 heteroatoms. The summed E-state index contributed by atoms with van der Waals surface area (Å²) in [6, 6.07) is 4.89. The molecule has 0 unspecified atom stereocenters. The Morgan fingerprint density at radius 3 is 2.49 bits per heavy atom. The molecule has 0 radical (unpaired) electrons. The monoisotopic (exact) mass is 484 g/mol. The number of carbonyl (C=O) groups is 1. The predicted octanol–water partition coefficient (Wildman–Crippen LogP) is 4.38. The van der Waals surface area contributed by atoms with Gasteiger partial charge in [0.15, 0.2) is 0 Å². The number of nitrogens with one attached hydrogen (secondary N) is 2. The van der Waals surface area contributed by atoms with Gasteiger partial charge in [-0.15, -0.1) is 5.10 Å². The van der Waals surface area contributed by atoms with Gasteiger partial charge in [-0.2, -0.15) is 18.3 Å². The van der Waals surface area contributed by atoms with Gasteiger partial charge in [-0.3, -0.25) is 14.5 Å². The molecule has 9 nitrogen and oxygen atoms in total. The first kappa shape index (κ1) is 23.9. The molecule has 0 bridgehead atoms. The van der Waals surface area contributed by atoms with Crippen molar-refractivity contribution in [3.05, 3.63) is 65.4 Å². The minimum atomic E-state index is -4.55. The maximum atomic E-state index is 13.3. The molecule has 182 valence electrons. The van der Waals surface area contributed by atoms with E-state index in [1.807, 2.05) is 14.0 Å². The van der Waals surface area contributed by atoms with Crippen LogP contribution in [0.2, 0.25) is 0 Å². The third kappa shape index (κ3) is 5.00. The van der Waals surface area contributed by atoms with E-state index in [-0.39, 0.29) is 16.9 Å². The van der Waals surface area contributed by atoms with Crippen LogP contribution < -0.4 is 10.6 Å². The Balaban J connectivity index is 1.63. The van der Waals surface area contributed by atoms with Crippen LogP contribution in [0.5, 0.6) is 0 Å². The molecule has 3 heterocycles. The summed E-state index contributed by atoms with van der Waals surface area (Å²) in [7, 11) is 1.82. The van der Waals surface area contributed by atoms with Gasteiger partial charge in [-0.05, 0) is 45.0 Å². The molecular formula is C23H23F3N8O. The molecule has 4 rings (SSSR count). The summed E-state index contributed by atoms with van der Waals surface area (Å²) in [6.07, 6.45) is 0.192. The second-order valence-corrected chi connectivity index (χ2v) is 7.93. The predicted molar refractivity (Wildman–Crippen MR) is 124 cm³/mol. The topological polar surface area (TPSA) is 103 Å². The molecule has 0 saturated heterocycles. The number of nitrogens with zero attached hydrogens (tertiary/aromatic N) is 6. The van der Waals surface area contributed by atoms with Gasteiger partial charge in [0, 0.05) is 42.4 Å². The van der Waals surface area contributed by atoms with Crippen LogP contribution in [-0.4, -0.2) is 42.2 Å². The number of hydrogen-bond donors (Lipinski definition) is 2. The number of amides is 1. The number of carbonyl (C=O) groups excluding carboxylic acids is 1. The normalized spacial score (nSPS) is 11.5. The fourth-order valence-electron chi connectivity index (χ4n) is 3.51. The summed E-state index contributed by atoms with van der Waals surface area (Å²) in [5.41, 5.74) is 2.99. The summed E-state index contributed by atoms with van der Waals surface area (Å²) in [6.45, 7) is 5.86. The lowest BCUT2D eigenvalue weighted by atomic mass is 10.1. The van der Waals surface area contributed by atoms with Gasteiger partial charge in [-0.1, -0.05) is 5.21 Å². The number of alkyl halides is 3. The number of halogens is 3. The number of aromatic nitrogens is 6. The van der Waals surface area contributed by atoms with Crippen LogP contribution >= 0.6 is 0 Å². The fourth-order valence-corrected chi connectivity index (χ4v) is 3.51. The zero-order valence-electron chi connectivity index (χ0n) is 19.5. The van der Waals surface area contributed by atoms with Crippen LogP contribution in [0, 0.1) is 13.8 Å². The van der Waals surface area contributed by atoms with Gasteiger partial charge in [0.05, 0.1) is 34.9 Å². The maximum Gasteiger partial charge on any atom is 0.416 e. The third-order valence-corrected chi connectivity index (χ3v) is 5.47. The van der Waals surface area contributed by atoms with Gasteiger partial charge < -0.3 is 10.6 Å². The number of aryl methyl sites for hydroxylation is 2. The van der Waals surface area contributed by atoms with Crippen LogP contribution in [0.15, 0.2) is 42.9 Å². The van der Waals surface area contributed by atoms with Gasteiger partial charge >= 0.3 is 6.18 Å². The van der Waals surface area contributed by atoms with E-state index in [1.54, 1.807) is 37.0 Å². The molecule has 0 aliphatic heterocycles. The van der Waals surface area contributed by atoms with Crippen LogP contribution in [0.25, 0.3) is 16.9 Å². The van der Waals surface area contributed by atoms with Crippen molar-refractivity contribution in [2.45, 2.75) is 26.9 Å². The summed E-state index contributed by atoms with van der Waals surface area (Å²) < 4.78 is 43.2. The molecule has 0 fully saturated rings. The Hall–Kier alpha value is -4.22. The summed E-state index contributed by atoms with van der Waals surface area (Å²) in [4.78, 5) is 17.2. The summed E-state index contributed by atoms with van der Waals surface area (Å²) >= 11 is 0. The minimum Gasteiger partial charge on any atom is -0.385 e. The molecule has 0 aliphatic rings. The molecule has 2 N–H and O–H groups in total. The molecule has 4 aromatic rings. The average molecular weight is 484 g/mol. The van der Waals surface area contributed by atoms with E-state index in [0.29, 0.717) is 23.6 Å². The lowest BCUT2D eigenvalue weighted by Gasteiger charge is -2.14. The number of benzene rings is 1. The Morgan fingerprint density at radius 2 is 1.83 bits per heavy atom. The van der Waals surface area contributed by atoms with Gasteiger partial charge in [-0.25, -0.2) is 4.68 Å². The maximum absolute atomic E-state index is 13.3. The molecule has 35 heavy (non-hydrogen) atoms. The van der Waals surface area contributed by atoms with Crippen molar-refractivity contribution in [3.63, 3.8) is 0 Å². The number of pyridine rings is 1. The fraction of sp³-hybridized carbons (Fsp3) is 0.261. The highest BCUT2D eigenvalue weighted by molar-refractivity contribution is 6.04. The smallest absolute Gasteiger partial charge is 0.385 e. The highest BCUT2D eigenvalue weighted by Crippen LogP contribution is 2.33. The Bertz CT molecular complexity index is 1390. The number of hydrogen-bond acceptors (Lipinski definition) is 6. The molecular weight excluding hydrogens is 461 g/mol. The van der Waals surface area contributed by atoms with E-state index in [4.69, 9.17) is 0 Å². The van der Waals surface area contributed by atoms with E-state index >= 15 is 0 Å². The van der Waals surface area contributed by atoms with E-state index in [2.05, 4.69) is 31.0 Å². The molecule has 0 atom stereocenters. The molecule has 3 aromatic heterocycles. The van der Waals surface area contributed by atoms with Crippen molar-refractivity contribution in [3.8, 4) is 16.9 Å². The third-order valence-electron chi connectivity index (χ3n) is 5.47. The van der Waals surface area contributed by atoms with E-state index in [1.165, 1.54) is 16.9 Å². The number of anilines is 2. The van der Waals surface area contributed by atoms with Crippen molar-refractivity contribution < 1.29 is 18.0 Å². The van der Waals surface area contributed by atoms with Crippen LogP contribution in [0.3, 0.4) is 0 Å². The van der Waals surface area contributed by atoms with E-state index < -0.39 is 17.6 Å². The van der Waals surface area contributed by atoms with Crippen molar-refractivity contribution in [2.24, 2.45) is 7.05 Å². The van der Waals surface area contributed by atoms with Crippen molar-refractivity contribution in [1.82, 2.24) is 29.8 Å². The first-order chi connectivity index (χ1) is 16.6. The summed E-state index contributed by atoms with van der Waals surface area (Å²) in [5.74, 6) is -0.607. The second kappa shape index (κ2) is 9.20. The van der Waals surface area contributed by atoms with Crippen molar-refractivity contribution in [2.75, 3.05) is 17.2 Å². The zero-order chi connectivity index (χ0) is 25.3. The Morgan fingerprint density at radius 1 is 1.09 bits per heavy atom. The van der Waals surface area contributed by atoms with Gasteiger partial charge in [0.25, 0.3) is 5.91 Å². The van der Waals surface area contributed by atoms with Gasteiger partial charge in [0.2, 0.25) is 0 Å². The van der Waals surface area contributed by atoms with Crippen LogP contribution in [-0.2, 0) is 13.2 Å². The first-order valence-electron chi connectivity index (χ1n) is 10.7. The quantitative estimate of drug-likeness (QED) is 0.421.